The van der Waals surface area contributed by atoms with Crippen LogP contribution in [0.2, 0.25) is 0 Å². The molecule has 150 valence electrons. The molecule has 2 aromatic carbocycles. The van der Waals surface area contributed by atoms with Gasteiger partial charge in [-0.05, 0) is 38.3 Å². The third-order valence-corrected chi connectivity index (χ3v) is 5.02. The highest BCUT2D eigenvalue weighted by Crippen LogP contribution is 2.20. The maximum absolute atomic E-state index is 12.9. The lowest BCUT2D eigenvalue weighted by molar-refractivity contribution is -0.161. The number of esters is 1. The molecule has 1 saturated heterocycles. The number of hydrogen-bond donors (Lipinski definition) is 0. The minimum absolute atomic E-state index is 0.106. The van der Waals surface area contributed by atoms with Gasteiger partial charge < -0.3 is 4.74 Å². The van der Waals surface area contributed by atoms with Crippen molar-refractivity contribution in [1.82, 2.24) is 9.80 Å². The average Bonchev–Trinajstić information content (AvgIpc) is 2.85. The highest BCUT2D eigenvalue weighted by atomic mass is 16.6. The minimum atomic E-state index is -0.467. The van der Waals surface area contributed by atoms with E-state index in [1.54, 1.807) is 0 Å². The Balaban J connectivity index is 1.72. The summed E-state index contributed by atoms with van der Waals surface area (Å²) < 4.78 is 5.76. The van der Waals surface area contributed by atoms with Crippen molar-refractivity contribution in [2.24, 2.45) is 0 Å². The first-order valence-corrected chi connectivity index (χ1v) is 10.2. The van der Waals surface area contributed by atoms with E-state index in [0.29, 0.717) is 0 Å². The molecule has 1 aliphatic rings. The van der Waals surface area contributed by atoms with Gasteiger partial charge >= 0.3 is 5.97 Å². The third-order valence-electron chi connectivity index (χ3n) is 5.02. The van der Waals surface area contributed by atoms with E-state index in [1.165, 1.54) is 11.1 Å². The zero-order chi connectivity index (χ0) is 20.0. The zero-order valence-corrected chi connectivity index (χ0v) is 17.3. The first kappa shape index (κ1) is 20.6. The summed E-state index contributed by atoms with van der Waals surface area (Å²) in [7, 11) is 0. The van der Waals surface area contributed by atoms with Crippen molar-refractivity contribution in [3.63, 3.8) is 0 Å². The Morgan fingerprint density at radius 3 is 2.04 bits per heavy atom. The smallest absolute Gasteiger partial charge is 0.323 e. The van der Waals surface area contributed by atoms with Crippen LogP contribution in [0.5, 0.6) is 0 Å². The minimum Gasteiger partial charge on any atom is -0.459 e. The molecule has 4 heteroatoms. The molecule has 0 saturated carbocycles. The van der Waals surface area contributed by atoms with Crippen LogP contribution in [0.1, 0.15) is 38.3 Å². The third kappa shape index (κ3) is 6.18. The Bertz CT molecular complexity index is 740. The Morgan fingerprint density at radius 1 is 0.893 bits per heavy atom. The molecule has 0 unspecified atom stereocenters. The molecule has 0 amide bonds. The summed E-state index contributed by atoms with van der Waals surface area (Å²) in [6.07, 6.45) is 0.786. The van der Waals surface area contributed by atoms with Gasteiger partial charge in [0, 0.05) is 32.7 Å². The van der Waals surface area contributed by atoms with Gasteiger partial charge in [-0.2, -0.15) is 0 Å². The van der Waals surface area contributed by atoms with Crippen molar-refractivity contribution in [2.45, 2.75) is 51.9 Å². The molecular weight excluding hydrogens is 348 g/mol. The van der Waals surface area contributed by atoms with Crippen molar-refractivity contribution in [2.75, 3.05) is 19.6 Å². The molecule has 28 heavy (non-hydrogen) atoms. The summed E-state index contributed by atoms with van der Waals surface area (Å²) in [6, 6.07) is 20.7. The average molecular weight is 381 g/mol. The molecule has 3 rings (SSSR count). The second kappa shape index (κ2) is 9.35. The summed E-state index contributed by atoms with van der Waals surface area (Å²) in [4.78, 5) is 17.7. The number of carbonyl (C=O) groups is 1. The van der Waals surface area contributed by atoms with E-state index >= 15 is 0 Å². The molecule has 1 heterocycles. The standard InChI is InChI=1S/C24H32N2O2/c1-24(2,3)28-23(27)22-14-15-25(18-20-10-6-4-7-11-20)16-17-26(22)19-21-12-8-5-9-13-21/h4-13,22H,14-19H2,1-3H3/t22-/m1/s1. The van der Waals surface area contributed by atoms with Crippen LogP contribution in [-0.2, 0) is 22.6 Å². The van der Waals surface area contributed by atoms with Gasteiger partial charge in [0.25, 0.3) is 0 Å². The number of ether oxygens (including phenoxy) is 1. The molecule has 4 nitrogen and oxygen atoms in total. The Kier molecular flexibility index (Phi) is 6.87. The molecule has 0 aromatic heterocycles. The normalized spacial score (nSPS) is 19.2. The predicted octanol–water partition coefficient (Wildman–Crippen LogP) is 4.10. The van der Waals surface area contributed by atoms with Crippen molar-refractivity contribution in [3.8, 4) is 0 Å². The number of carbonyl (C=O) groups excluding carboxylic acids is 1. The van der Waals surface area contributed by atoms with Crippen LogP contribution in [0, 0.1) is 0 Å². The quantitative estimate of drug-likeness (QED) is 0.731. The SMILES string of the molecule is CC(C)(C)OC(=O)[C@H]1CCN(Cc2ccccc2)CCN1Cc1ccccc1. The monoisotopic (exact) mass is 380 g/mol. The van der Waals surface area contributed by atoms with Crippen molar-refractivity contribution in [3.05, 3.63) is 71.8 Å². The van der Waals surface area contributed by atoms with Crippen LogP contribution in [0.4, 0.5) is 0 Å². The van der Waals surface area contributed by atoms with Gasteiger partial charge in [0.05, 0.1) is 0 Å². The van der Waals surface area contributed by atoms with Gasteiger partial charge in [-0.3, -0.25) is 14.6 Å². The molecular formula is C24H32N2O2. The Hall–Kier alpha value is -2.17. The van der Waals surface area contributed by atoms with E-state index < -0.39 is 5.60 Å². The molecule has 0 radical (unpaired) electrons. The van der Waals surface area contributed by atoms with E-state index in [-0.39, 0.29) is 12.0 Å². The number of benzene rings is 2. The fraction of sp³-hybridized carbons (Fsp3) is 0.458. The fourth-order valence-corrected chi connectivity index (χ4v) is 3.67. The van der Waals surface area contributed by atoms with Crippen LogP contribution in [0.15, 0.2) is 60.7 Å². The summed E-state index contributed by atoms with van der Waals surface area (Å²) in [6.45, 7) is 10.2. The zero-order valence-electron chi connectivity index (χ0n) is 17.3. The highest BCUT2D eigenvalue weighted by molar-refractivity contribution is 5.76. The Morgan fingerprint density at radius 2 is 1.46 bits per heavy atom. The summed E-state index contributed by atoms with van der Waals surface area (Å²) in [5.74, 6) is -0.106. The van der Waals surface area contributed by atoms with Crippen LogP contribution in [0.25, 0.3) is 0 Å². The predicted molar refractivity (Wildman–Crippen MR) is 113 cm³/mol. The van der Waals surface area contributed by atoms with Crippen LogP contribution >= 0.6 is 0 Å². The topological polar surface area (TPSA) is 32.8 Å². The van der Waals surface area contributed by atoms with Crippen LogP contribution < -0.4 is 0 Å². The molecule has 2 aromatic rings. The summed E-state index contributed by atoms with van der Waals surface area (Å²) in [5, 5.41) is 0. The summed E-state index contributed by atoms with van der Waals surface area (Å²) >= 11 is 0. The summed E-state index contributed by atoms with van der Waals surface area (Å²) in [5.41, 5.74) is 2.08. The van der Waals surface area contributed by atoms with Crippen molar-refractivity contribution >= 4 is 5.97 Å². The molecule has 0 spiro atoms. The van der Waals surface area contributed by atoms with E-state index in [0.717, 1.165) is 39.1 Å². The van der Waals surface area contributed by atoms with Crippen LogP contribution in [-0.4, -0.2) is 47.0 Å². The van der Waals surface area contributed by atoms with Gasteiger partial charge in [0.1, 0.15) is 11.6 Å². The first-order valence-electron chi connectivity index (χ1n) is 10.2. The molecule has 0 aliphatic carbocycles. The first-order chi connectivity index (χ1) is 13.4. The largest absolute Gasteiger partial charge is 0.459 e. The molecule has 0 N–H and O–H groups in total. The molecule has 1 fully saturated rings. The lowest BCUT2D eigenvalue weighted by Gasteiger charge is -2.30. The molecule has 0 bridgehead atoms. The van der Waals surface area contributed by atoms with Gasteiger partial charge in [0.2, 0.25) is 0 Å². The molecule has 1 atom stereocenters. The van der Waals surface area contributed by atoms with E-state index in [1.807, 2.05) is 32.9 Å². The second-order valence-electron chi connectivity index (χ2n) is 8.56. The number of rotatable bonds is 5. The highest BCUT2D eigenvalue weighted by Gasteiger charge is 2.33. The lowest BCUT2D eigenvalue weighted by atomic mass is 10.1. The van der Waals surface area contributed by atoms with Gasteiger partial charge in [-0.15, -0.1) is 0 Å². The second-order valence-corrected chi connectivity index (χ2v) is 8.56. The van der Waals surface area contributed by atoms with Gasteiger partial charge in [0.15, 0.2) is 0 Å². The van der Waals surface area contributed by atoms with E-state index in [4.69, 9.17) is 4.74 Å². The van der Waals surface area contributed by atoms with Crippen LogP contribution in [0.3, 0.4) is 0 Å². The number of nitrogens with zero attached hydrogens (tertiary/aromatic N) is 2. The van der Waals surface area contributed by atoms with E-state index in [9.17, 15) is 4.79 Å². The Labute approximate surface area is 169 Å². The van der Waals surface area contributed by atoms with Crippen molar-refractivity contribution < 1.29 is 9.53 Å². The molecule has 1 aliphatic heterocycles. The lowest BCUT2D eigenvalue weighted by Crippen LogP contribution is -2.44. The van der Waals surface area contributed by atoms with E-state index in [2.05, 4.69) is 58.3 Å². The van der Waals surface area contributed by atoms with Gasteiger partial charge in [-0.1, -0.05) is 60.7 Å². The van der Waals surface area contributed by atoms with Gasteiger partial charge in [-0.25, -0.2) is 0 Å². The maximum Gasteiger partial charge on any atom is 0.323 e. The maximum atomic E-state index is 12.9. The van der Waals surface area contributed by atoms with Crippen molar-refractivity contribution in [1.29, 1.82) is 0 Å². The fourth-order valence-electron chi connectivity index (χ4n) is 3.67. The number of hydrogen-bond acceptors (Lipinski definition) is 4.